The quantitative estimate of drug-likeness (QED) is 0.845. The number of ether oxygens (including phenoxy) is 1. The van der Waals surface area contributed by atoms with Crippen molar-refractivity contribution in [2.75, 3.05) is 6.54 Å². The van der Waals surface area contributed by atoms with Crippen molar-refractivity contribution in [3.05, 3.63) is 17.5 Å². The van der Waals surface area contributed by atoms with E-state index >= 15 is 0 Å². The lowest BCUT2D eigenvalue weighted by Gasteiger charge is -2.25. The Hall–Kier alpha value is -1.56. The Morgan fingerprint density at radius 1 is 1.48 bits per heavy atom. The second-order valence-electron chi connectivity index (χ2n) is 7.56. The molecule has 0 saturated heterocycles. The molecule has 1 aliphatic carbocycles. The number of amides is 1. The number of nitrogens with zero attached hydrogens (tertiary/aromatic N) is 2. The molecule has 1 aromatic heterocycles. The summed E-state index contributed by atoms with van der Waals surface area (Å²) < 4.78 is 7.20. The molecule has 1 fully saturated rings. The zero-order valence-electron chi connectivity index (χ0n) is 15.1. The highest BCUT2D eigenvalue weighted by molar-refractivity contribution is 5.68. The number of aryl methyl sites for hydroxylation is 2. The monoisotopic (exact) mass is 322 g/mol. The first-order valence-electron chi connectivity index (χ1n) is 8.39. The molecule has 0 radical (unpaired) electrons. The Morgan fingerprint density at radius 2 is 2.13 bits per heavy atom. The average molecular weight is 322 g/mol. The molecule has 23 heavy (non-hydrogen) atoms. The van der Waals surface area contributed by atoms with Gasteiger partial charge >= 0.3 is 6.09 Å². The first-order valence-corrected chi connectivity index (χ1v) is 8.39. The molecule has 6 nitrogen and oxygen atoms in total. The van der Waals surface area contributed by atoms with Crippen LogP contribution in [0.1, 0.15) is 57.8 Å². The van der Waals surface area contributed by atoms with Gasteiger partial charge in [0.1, 0.15) is 5.60 Å². The lowest BCUT2D eigenvalue weighted by molar-refractivity contribution is 0.0497. The normalized spacial score (nSPS) is 17.7. The smallest absolute Gasteiger partial charge is 0.407 e. The summed E-state index contributed by atoms with van der Waals surface area (Å²) in [5.74, 6) is 0.553. The van der Waals surface area contributed by atoms with Gasteiger partial charge in [-0.3, -0.25) is 4.68 Å². The van der Waals surface area contributed by atoms with E-state index in [1.54, 1.807) is 0 Å². The Kier molecular flexibility index (Phi) is 5.34. The van der Waals surface area contributed by atoms with Crippen LogP contribution < -0.4 is 10.6 Å². The van der Waals surface area contributed by atoms with Gasteiger partial charge in [-0.15, -0.1) is 0 Å². The summed E-state index contributed by atoms with van der Waals surface area (Å²) in [6.07, 6.45) is 4.05. The molecule has 130 valence electrons. The Labute approximate surface area is 139 Å². The molecule has 0 spiro atoms. The maximum atomic E-state index is 12.0. The van der Waals surface area contributed by atoms with Gasteiger partial charge < -0.3 is 15.4 Å². The van der Waals surface area contributed by atoms with Gasteiger partial charge in [-0.05, 0) is 53.4 Å². The molecule has 6 heteroatoms. The van der Waals surface area contributed by atoms with Crippen LogP contribution in [0, 0.1) is 12.8 Å². The lowest BCUT2D eigenvalue weighted by atomic mass is 10.1. The highest BCUT2D eigenvalue weighted by Crippen LogP contribution is 2.33. The Balaban J connectivity index is 1.87. The highest BCUT2D eigenvalue weighted by atomic mass is 16.6. The van der Waals surface area contributed by atoms with Crippen molar-refractivity contribution in [2.45, 2.75) is 65.1 Å². The molecule has 1 saturated carbocycles. The second kappa shape index (κ2) is 6.91. The second-order valence-corrected chi connectivity index (χ2v) is 7.56. The third-order valence-electron chi connectivity index (χ3n) is 4.06. The molecule has 0 bridgehead atoms. The van der Waals surface area contributed by atoms with Gasteiger partial charge in [0, 0.05) is 37.4 Å². The molecule has 2 unspecified atom stereocenters. The molecular weight excluding hydrogens is 292 g/mol. The van der Waals surface area contributed by atoms with Crippen molar-refractivity contribution in [2.24, 2.45) is 13.0 Å². The minimum absolute atomic E-state index is 0.115. The predicted molar refractivity (Wildman–Crippen MR) is 90.2 cm³/mol. The summed E-state index contributed by atoms with van der Waals surface area (Å²) in [7, 11) is 1.93. The van der Waals surface area contributed by atoms with Crippen LogP contribution in [-0.2, 0) is 11.8 Å². The van der Waals surface area contributed by atoms with E-state index in [4.69, 9.17) is 4.74 Å². The van der Waals surface area contributed by atoms with Crippen LogP contribution in [-0.4, -0.2) is 34.1 Å². The van der Waals surface area contributed by atoms with Crippen molar-refractivity contribution in [3.8, 4) is 0 Å². The fourth-order valence-corrected chi connectivity index (χ4v) is 2.75. The lowest BCUT2D eigenvalue weighted by Crippen LogP contribution is -2.46. The summed E-state index contributed by atoms with van der Waals surface area (Å²) >= 11 is 0. The van der Waals surface area contributed by atoms with Crippen molar-refractivity contribution in [1.82, 2.24) is 20.4 Å². The molecular formula is C17H30N4O2. The molecule has 2 rings (SSSR count). The van der Waals surface area contributed by atoms with E-state index in [9.17, 15) is 4.79 Å². The largest absolute Gasteiger partial charge is 0.444 e. The van der Waals surface area contributed by atoms with E-state index < -0.39 is 5.60 Å². The van der Waals surface area contributed by atoms with Gasteiger partial charge in [0.15, 0.2) is 0 Å². The molecule has 2 N–H and O–H groups in total. The maximum Gasteiger partial charge on any atom is 0.407 e. The molecule has 1 heterocycles. The summed E-state index contributed by atoms with van der Waals surface area (Å²) in [6.45, 7) is 10.5. The average Bonchev–Trinajstić information content (AvgIpc) is 3.17. The molecule has 1 aliphatic rings. The number of aromatic nitrogens is 2. The molecule has 1 aromatic rings. The summed E-state index contributed by atoms with van der Waals surface area (Å²) in [5, 5.41) is 10.9. The van der Waals surface area contributed by atoms with Crippen molar-refractivity contribution in [3.63, 3.8) is 0 Å². The van der Waals surface area contributed by atoms with Gasteiger partial charge in [-0.2, -0.15) is 5.10 Å². The third kappa shape index (κ3) is 5.53. The van der Waals surface area contributed by atoms with Gasteiger partial charge in [0.25, 0.3) is 0 Å². The first-order chi connectivity index (χ1) is 10.7. The standard InChI is InChI=1S/C17H30N4O2/c1-11(14-10-21(6)20-12(14)2)18-9-15(13-7-8-13)19-16(22)23-17(3,4)5/h10-11,13,15,18H,7-9H2,1-6H3,(H,19,22). The van der Waals surface area contributed by atoms with E-state index in [2.05, 4.69) is 22.7 Å². The molecule has 0 aliphatic heterocycles. The Bertz CT molecular complexity index is 543. The minimum Gasteiger partial charge on any atom is -0.444 e. The van der Waals surface area contributed by atoms with Crippen LogP contribution in [0.3, 0.4) is 0 Å². The SMILES string of the molecule is Cc1nn(C)cc1C(C)NCC(NC(=O)OC(C)(C)C)C1CC1. The van der Waals surface area contributed by atoms with E-state index in [1.165, 1.54) is 18.4 Å². The number of hydrogen-bond acceptors (Lipinski definition) is 4. The van der Waals surface area contributed by atoms with Crippen molar-refractivity contribution in [1.29, 1.82) is 0 Å². The van der Waals surface area contributed by atoms with Crippen LogP contribution in [0.2, 0.25) is 0 Å². The van der Waals surface area contributed by atoms with Gasteiger partial charge in [-0.25, -0.2) is 4.79 Å². The van der Waals surface area contributed by atoms with Gasteiger partial charge in [0.05, 0.1) is 5.69 Å². The highest BCUT2D eigenvalue weighted by Gasteiger charge is 2.33. The summed E-state index contributed by atoms with van der Waals surface area (Å²) in [4.78, 5) is 12.0. The zero-order valence-corrected chi connectivity index (χ0v) is 15.1. The fourth-order valence-electron chi connectivity index (χ4n) is 2.75. The number of carbonyl (C=O) groups is 1. The predicted octanol–water partition coefficient (Wildman–Crippen LogP) is 2.68. The van der Waals surface area contributed by atoms with E-state index in [0.29, 0.717) is 5.92 Å². The first kappa shape index (κ1) is 17.8. The summed E-state index contributed by atoms with van der Waals surface area (Å²) in [5.41, 5.74) is 1.76. The zero-order chi connectivity index (χ0) is 17.2. The number of nitrogens with one attached hydrogen (secondary N) is 2. The Morgan fingerprint density at radius 3 is 2.61 bits per heavy atom. The number of carbonyl (C=O) groups excluding carboxylic acids is 1. The van der Waals surface area contributed by atoms with Gasteiger partial charge in [0.2, 0.25) is 0 Å². The summed E-state index contributed by atoms with van der Waals surface area (Å²) in [6, 6.07) is 0.315. The van der Waals surface area contributed by atoms with Crippen LogP contribution in [0.25, 0.3) is 0 Å². The van der Waals surface area contributed by atoms with Crippen LogP contribution in [0.4, 0.5) is 4.79 Å². The number of rotatable bonds is 6. The van der Waals surface area contributed by atoms with Crippen molar-refractivity contribution < 1.29 is 9.53 Å². The molecule has 1 amide bonds. The molecule has 0 aromatic carbocycles. The topological polar surface area (TPSA) is 68.2 Å². The molecule has 2 atom stereocenters. The van der Waals surface area contributed by atoms with Gasteiger partial charge in [-0.1, -0.05) is 0 Å². The van der Waals surface area contributed by atoms with Crippen LogP contribution >= 0.6 is 0 Å². The van der Waals surface area contributed by atoms with Crippen molar-refractivity contribution >= 4 is 6.09 Å². The fraction of sp³-hybridized carbons (Fsp3) is 0.765. The minimum atomic E-state index is -0.467. The number of alkyl carbamates (subject to hydrolysis) is 1. The number of hydrogen-bond donors (Lipinski definition) is 2. The van der Waals surface area contributed by atoms with E-state index in [1.807, 2.05) is 45.6 Å². The van der Waals surface area contributed by atoms with Crippen LogP contribution in [0.5, 0.6) is 0 Å². The van der Waals surface area contributed by atoms with Crippen LogP contribution in [0.15, 0.2) is 6.20 Å². The maximum absolute atomic E-state index is 12.0. The van der Waals surface area contributed by atoms with E-state index in [0.717, 1.165) is 12.2 Å². The third-order valence-corrected chi connectivity index (χ3v) is 4.06. The van der Waals surface area contributed by atoms with E-state index in [-0.39, 0.29) is 18.2 Å².